The van der Waals surface area contributed by atoms with E-state index in [9.17, 15) is 0 Å². The van der Waals surface area contributed by atoms with Crippen LogP contribution in [-0.4, -0.2) is 64.5 Å². The van der Waals surface area contributed by atoms with Crippen LogP contribution in [0, 0.1) is 0 Å². The van der Waals surface area contributed by atoms with E-state index in [2.05, 4.69) is 0 Å². The fourth-order valence-corrected chi connectivity index (χ4v) is 0. The average molecular weight is 423 g/mol. The summed E-state index contributed by atoms with van der Waals surface area (Å²) >= 11 is 0. The Morgan fingerprint density at radius 3 is 0.529 bits per heavy atom. The largest absolute Gasteiger partial charge is 5.00 e. The quantitative estimate of drug-likeness (QED) is 0.179. The molecule has 0 aliphatic heterocycles. The van der Waals surface area contributed by atoms with Crippen LogP contribution in [0.1, 0.15) is 0 Å². The fourth-order valence-electron chi connectivity index (χ4n) is 0. The molecule has 0 amide bonds. The van der Waals surface area contributed by atoms with Crippen molar-refractivity contribution in [2.75, 3.05) is 0 Å². The Morgan fingerprint density at radius 2 is 0.529 bits per heavy atom. The first-order valence-electron chi connectivity index (χ1n) is 2.99. The van der Waals surface area contributed by atoms with Gasteiger partial charge in [-0.3, -0.25) is 7.32 Å². The molecule has 0 bridgehead atoms. The molecule has 0 saturated carbocycles. The third kappa shape index (κ3) is 12900. The van der Waals surface area contributed by atoms with Gasteiger partial charge in [-0.25, -0.2) is 0 Å². The van der Waals surface area contributed by atoms with E-state index in [1.807, 2.05) is 0 Å². The summed E-state index contributed by atoms with van der Waals surface area (Å²) in [6, 6.07) is 0. The van der Waals surface area contributed by atoms with Gasteiger partial charge < -0.3 is 60.3 Å². The predicted octanol–water partition coefficient (Wildman–Crippen LogP) is -11.4. The summed E-state index contributed by atoms with van der Waals surface area (Å²) in [5.74, 6) is 0. The molecule has 0 fully saturated rings. The van der Waals surface area contributed by atoms with Crippen LogP contribution < -0.4 is 25.1 Å². The minimum absolute atomic E-state index is 0. The second-order valence-corrected chi connectivity index (χ2v) is 1.29. The Bertz CT molecular complexity index is 61.5. The summed E-state index contributed by atoms with van der Waals surface area (Å²) in [7, 11) is -9.92. The van der Waals surface area contributed by atoms with Gasteiger partial charge in [0.25, 0.3) is 0 Å². The molecular weight excluding hydrogens is 416 g/mol. The van der Waals surface area contributed by atoms with Crippen LogP contribution in [0.25, 0.3) is 0 Å². The molecule has 96 valence electrons. The monoisotopic (exact) mass is 424 g/mol. The van der Waals surface area contributed by atoms with E-state index in [1.54, 1.807) is 0 Å². The Labute approximate surface area is 112 Å². The maximum atomic E-state index is 8.53. The van der Waals surface area contributed by atoms with Crippen molar-refractivity contribution in [3.8, 4) is 0 Å². The van der Waals surface area contributed by atoms with Gasteiger partial charge in [-0.2, -0.15) is 0 Å². The molecule has 0 unspecified atom stereocenters. The van der Waals surface area contributed by atoms with Crippen LogP contribution in [0.5, 0.6) is 0 Å². The van der Waals surface area contributed by atoms with E-state index in [0.717, 1.165) is 0 Å². The number of hydrogen-bond donors (Lipinski definition) is 7. The Morgan fingerprint density at radius 1 is 0.529 bits per heavy atom. The summed E-state index contributed by atoms with van der Waals surface area (Å²) < 4.78 is 0. The van der Waals surface area contributed by atoms with Crippen LogP contribution >= 0.6 is 0 Å². The molecule has 0 saturated heterocycles. The summed E-state index contributed by atoms with van der Waals surface area (Å²) in [6.07, 6.45) is 0. The van der Waals surface area contributed by atoms with E-state index in [1.165, 1.54) is 0 Å². The maximum Gasteiger partial charge on any atom is 5.00 e. The van der Waals surface area contributed by atoms with Crippen LogP contribution in [0.2, 0.25) is 0 Å². The number of rotatable bonds is 0. The fraction of sp³-hybridized carbons (Fsp3) is 0. The molecule has 0 aromatic heterocycles. The van der Waals surface area contributed by atoms with Crippen LogP contribution in [0.3, 0.4) is 0 Å². The molecular formula is H7B4O12Ta. The van der Waals surface area contributed by atoms with Crippen molar-refractivity contribution in [3.63, 3.8) is 0 Å². The van der Waals surface area contributed by atoms with Crippen molar-refractivity contribution < 1.29 is 82.7 Å². The molecule has 7 N–H and O–H groups in total. The third-order valence-electron chi connectivity index (χ3n) is 0. The van der Waals surface area contributed by atoms with Gasteiger partial charge in [0.1, 0.15) is 0 Å². The Kier molecular flexibility index (Phi) is 45.5. The average Bonchev–Trinajstić information content (AvgIpc) is 1.76. The van der Waals surface area contributed by atoms with E-state index in [-0.39, 0.29) is 22.4 Å². The Balaban J connectivity index is -0.0000000369. The smallest absolute Gasteiger partial charge is 0.907 e. The third-order valence-corrected chi connectivity index (χ3v) is 0. The summed E-state index contributed by atoms with van der Waals surface area (Å²) in [5.41, 5.74) is 0. The molecule has 0 atom stereocenters. The molecule has 17 heavy (non-hydrogen) atoms. The van der Waals surface area contributed by atoms with Crippen LogP contribution in [-0.2, 0) is 22.4 Å². The van der Waals surface area contributed by atoms with Gasteiger partial charge in [0.2, 0.25) is 0 Å². The summed E-state index contributed by atoms with van der Waals surface area (Å²) in [4.78, 5) is 0. The molecule has 0 spiro atoms. The van der Waals surface area contributed by atoms with Crippen LogP contribution in [0.15, 0.2) is 0 Å². The molecule has 0 aliphatic carbocycles. The molecule has 12 nitrogen and oxygen atoms in total. The first kappa shape index (κ1) is 30.5. The van der Waals surface area contributed by atoms with Crippen LogP contribution in [0.4, 0.5) is 0 Å². The molecule has 0 aliphatic rings. The second-order valence-electron chi connectivity index (χ2n) is 1.29. The Hall–Kier alpha value is 0.520. The predicted molar refractivity (Wildman–Crippen MR) is 38.5 cm³/mol. The van der Waals surface area contributed by atoms with Crippen molar-refractivity contribution in [1.82, 2.24) is 0 Å². The minimum Gasteiger partial charge on any atom is -0.907 e. The maximum absolute atomic E-state index is 8.53. The van der Waals surface area contributed by atoms with Crippen molar-refractivity contribution in [1.29, 1.82) is 0 Å². The van der Waals surface area contributed by atoms with Gasteiger partial charge >= 0.3 is 37.0 Å². The van der Waals surface area contributed by atoms with Crippen molar-refractivity contribution in [3.05, 3.63) is 0 Å². The number of hydrogen-bond acceptors (Lipinski definition) is 12. The van der Waals surface area contributed by atoms with E-state index in [0.29, 0.717) is 0 Å². The van der Waals surface area contributed by atoms with Gasteiger partial charge in [-0.05, 0) is 0 Å². The molecule has 0 radical (unpaired) electrons. The molecule has 0 aromatic carbocycles. The van der Waals surface area contributed by atoms with Crippen molar-refractivity contribution in [2.45, 2.75) is 0 Å². The van der Waals surface area contributed by atoms with Crippen molar-refractivity contribution in [2.24, 2.45) is 0 Å². The van der Waals surface area contributed by atoms with Gasteiger partial charge in [0.05, 0.1) is 7.32 Å². The normalized spacial score (nSPS) is 6.35. The zero-order valence-corrected chi connectivity index (χ0v) is 11.1. The van der Waals surface area contributed by atoms with Crippen molar-refractivity contribution >= 4 is 29.3 Å². The standard InChI is InChI=1S/2BH3O3.BHO3.BO3.Ta/c4*2-1(3)4;/h2*2-4H;2H;;/q;;-2;-3;+5. The zero-order valence-electron chi connectivity index (χ0n) is 7.93. The van der Waals surface area contributed by atoms with Gasteiger partial charge in [0, 0.05) is 0 Å². The van der Waals surface area contributed by atoms with Gasteiger partial charge in [0.15, 0.2) is 0 Å². The van der Waals surface area contributed by atoms with Gasteiger partial charge in [-0.1, -0.05) is 0 Å². The summed E-state index contributed by atoms with van der Waals surface area (Å²) in [5, 5.41) is 92.3. The van der Waals surface area contributed by atoms with E-state index < -0.39 is 29.3 Å². The molecule has 0 aromatic rings. The first-order valence-corrected chi connectivity index (χ1v) is 2.99. The van der Waals surface area contributed by atoms with Gasteiger partial charge in [-0.15, -0.1) is 0 Å². The minimum atomic E-state index is -2.92. The molecule has 0 heterocycles. The second kappa shape index (κ2) is 25.4. The topological polar surface area (TPSA) is 257 Å². The zero-order chi connectivity index (χ0) is 14.3. The SMILES string of the molecule is OB(O)O.OB(O)O.[O-]B([O-])O.[O-]B([O-])[O-].[Ta+5]. The van der Waals surface area contributed by atoms with E-state index >= 15 is 0 Å². The molecule has 0 rings (SSSR count). The summed E-state index contributed by atoms with van der Waals surface area (Å²) in [6.45, 7) is 0. The van der Waals surface area contributed by atoms with E-state index in [4.69, 9.17) is 60.3 Å². The first-order chi connectivity index (χ1) is 6.93. The molecule has 17 heteroatoms.